The summed E-state index contributed by atoms with van der Waals surface area (Å²) in [6.07, 6.45) is 2.05. The first kappa shape index (κ1) is 13.2. The number of anilines is 2. The van der Waals surface area contributed by atoms with E-state index < -0.39 is 0 Å². The van der Waals surface area contributed by atoms with Gasteiger partial charge >= 0.3 is 0 Å². The number of hydrogen-bond donors (Lipinski definition) is 2. The molecule has 90 valence electrons. The molecule has 0 amide bonds. The molecule has 0 aliphatic carbocycles. The third kappa shape index (κ3) is 3.61. The minimum absolute atomic E-state index is 0.863. The first-order valence-corrected chi connectivity index (χ1v) is 6.78. The number of nitrogens with zero attached hydrogens (tertiary/aromatic N) is 1. The van der Waals surface area contributed by atoms with Crippen molar-refractivity contribution in [3.8, 4) is 0 Å². The third-order valence-electron chi connectivity index (χ3n) is 2.63. The minimum Gasteiger partial charge on any atom is -0.399 e. The lowest BCUT2D eigenvalue weighted by Gasteiger charge is -2.23. The number of nitrogen functional groups attached to an aromatic ring is 1. The van der Waals surface area contributed by atoms with E-state index in [9.17, 15) is 0 Å². The van der Waals surface area contributed by atoms with Crippen molar-refractivity contribution in [3.63, 3.8) is 0 Å². The Labute approximate surface area is 103 Å². The lowest BCUT2D eigenvalue weighted by atomic mass is 10.1. The van der Waals surface area contributed by atoms with E-state index in [4.69, 9.17) is 5.73 Å². The second-order valence-corrected chi connectivity index (χ2v) is 4.42. The van der Waals surface area contributed by atoms with Crippen LogP contribution in [0.4, 0.5) is 11.4 Å². The fourth-order valence-electron chi connectivity index (χ4n) is 1.61. The Hall–Kier alpha value is -0.870. The number of nitrogens with two attached hydrogens (primary N) is 1. The smallest absolute Gasteiger partial charge is 0.0370 e. The molecule has 0 radical (unpaired) electrons. The van der Waals surface area contributed by atoms with Crippen molar-refractivity contribution in [3.05, 3.63) is 23.8 Å². The summed E-state index contributed by atoms with van der Waals surface area (Å²) in [4.78, 5) is 2.34. The fourth-order valence-corrected chi connectivity index (χ4v) is 1.90. The van der Waals surface area contributed by atoms with Crippen molar-refractivity contribution in [1.82, 2.24) is 4.72 Å². The number of hydrogen-bond acceptors (Lipinski definition) is 4. The predicted molar refractivity (Wildman–Crippen MR) is 75.0 cm³/mol. The average molecular weight is 239 g/mol. The second-order valence-electron chi connectivity index (χ2n) is 3.72. The predicted octanol–water partition coefficient (Wildman–Crippen LogP) is 2.27. The van der Waals surface area contributed by atoms with Crippen molar-refractivity contribution in [2.24, 2.45) is 0 Å². The highest BCUT2D eigenvalue weighted by Crippen LogP contribution is 2.20. The van der Waals surface area contributed by atoms with Crippen molar-refractivity contribution in [1.29, 1.82) is 0 Å². The highest BCUT2D eigenvalue weighted by Gasteiger charge is 2.04. The minimum atomic E-state index is 0.863. The molecular formula is C12H21N3S. The van der Waals surface area contributed by atoms with E-state index in [-0.39, 0.29) is 0 Å². The molecule has 0 aliphatic heterocycles. The van der Waals surface area contributed by atoms with E-state index in [0.717, 1.165) is 30.9 Å². The van der Waals surface area contributed by atoms with Gasteiger partial charge in [0.05, 0.1) is 0 Å². The van der Waals surface area contributed by atoms with Crippen LogP contribution in [-0.4, -0.2) is 25.9 Å². The Bertz CT molecular complexity index is 328. The lowest BCUT2D eigenvalue weighted by Crippen LogP contribution is -2.29. The first-order valence-electron chi connectivity index (χ1n) is 5.56. The van der Waals surface area contributed by atoms with Crippen LogP contribution >= 0.6 is 11.9 Å². The molecule has 16 heavy (non-hydrogen) atoms. The second kappa shape index (κ2) is 6.66. The fraction of sp³-hybridized carbons (Fsp3) is 0.500. The van der Waals surface area contributed by atoms with Crippen molar-refractivity contribution < 1.29 is 0 Å². The highest BCUT2D eigenvalue weighted by molar-refractivity contribution is 7.96. The number of benzene rings is 1. The van der Waals surface area contributed by atoms with Gasteiger partial charge in [-0.25, -0.2) is 0 Å². The molecule has 0 aromatic heterocycles. The maximum absolute atomic E-state index is 5.82. The van der Waals surface area contributed by atoms with Crippen LogP contribution in [0.1, 0.15) is 12.5 Å². The van der Waals surface area contributed by atoms with Gasteiger partial charge in [-0.1, -0.05) is 11.9 Å². The number of rotatable bonds is 6. The third-order valence-corrected chi connectivity index (χ3v) is 3.12. The van der Waals surface area contributed by atoms with Crippen molar-refractivity contribution >= 4 is 23.3 Å². The molecular weight excluding hydrogens is 218 g/mol. The normalized spacial score (nSPS) is 10.4. The maximum atomic E-state index is 5.82. The summed E-state index contributed by atoms with van der Waals surface area (Å²) in [5.74, 6) is 0. The molecule has 3 N–H and O–H groups in total. The van der Waals surface area contributed by atoms with Crippen LogP contribution in [0.2, 0.25) is 0 Å². The topological polar surface area (TPSA) is 41.3 Å². The zero-order valence-corrected chi connectivity index (χ0v) is 11.1. The SMILES string of the molecule is CCN(CCNSC)c1ccc(N)c(C)c1. The number of nitrogens with one attached hydrogen (secondary N) is 1. The summed E-state index contributed by atoms with van der Waals surface area (Å²) in [6, 6.07) is 6.22. The highest BCUT2D eigenvalue weighted by atomic mass is 32.2. The zero-order chi connectivity index (χ0) is 12.0. The molecule has 0 fully saturated rings. The quantitative estimate of drug-likeness (QED) is 0.454. The standard InChI is InChI=1S/C12H21N3S/c1-4-15(8-7-14-16-3)11-5-6-12(13)10(2)9-11/h5-6,9,14H,4,7-8,13H2,1-3H3. The van der Waals surface area contributed by atoms with E-state index in [1.165, 1.54) is 5.69 Å². The Morgan fingerprint density at radius 1 is 1.44 bits per heavy atom. The van der Waals surface area contributed by atoms with Gasteiger partial charge in [0.25, 0.3) is 0 Å². The van der Waals surface area contributed by atoms with Gasteiger partial charge in [0.2, 0.25) is 0 Å². The Balaban J connectivity index is 2.67. The van der Waals surface area contributed by atoms with Crippen LogP contribution < -0.4 is 15.4 Å². The van der Waals surface area contributed by atoms with Gasteiger partial charge in [0.15, 0.2) is 0 Å². The molecule has 0 saturated heterocycles. The summed E-state index contributed by atoms with van der Waals surface area (Å²) in [5, 5.41) is 0. The summed E-state index contributed by atoms with van der Waals surface area (Å²) < 4.78 is 3.26. The van der Waals surface area contributed by atoms with E-state index >= 15 is 0 Å². The van der Waals surface area contributed by atoms with Gasteiger partial charge in [-0.2, -0.15) is 0 Å². The van der Waals surface area contributed by atoms with Gasteiger partial charge in [0.1, 0.15) is 0 Å². The Kier molecular flexibility index (Phi) is 5.49. The van der Waals surface area contributed by atoms with Crippen LogP contribution in [-0.2, 0) is 0 Å². The Morgan fingerprint density at radius 3 is 2.75 bits per heavy atom. The van der Waals surface area contributed by atoms with Crippen LogP contribution in [0.25, 0.3) is 0 Å². The van der Waals surface area contributed by atoms with Gasteiger partial charge in [-0.15, -0.1) is 0 Å². The first-order chi connectivity index (χ1) is 7.69. The molecule has 0 spiro atoms. The summed E-state index contributed by atoms with van der Waals surface area (Å²) in [6.45, 7) is 7.23. The molecule has 0 bridgehead atoms. The Morgan fingerprint density at radius 2 is 2.19 bits per heavy atom. The molecule has 0 atom stereocenters. The van der Waals surface area contributed by atoms with E-state index in [1.54, 1.807) is 11.9 Å². The molecule has 0 aliphatic rings. The van der Waals surface area contributed by atoms with Crippen LogP contribution in [0.3, 0.4) is 0 Å². The number of likely N-dealkylation sites (N-methyl/N-ethyl adjacent to an activating group) is 1. The van der Waals surface area contributed by atoms with Gasteiger partial charge in [-0.05, 0) is 43.9 Å². The molecule has 0 saturated carbocycles. The van der Waals surface area contributed by atoms with E-state index in [0.29, 0.717) is 0 Å². The van der Waals surface area contributed by atoms with Crippen LogP contribution in [0, 0.1) is 6.92 Å². The molecule has 1 aromatic carbocycles. The largest absolute Gasteiger partial charge is 0.399 e. The van der Waals surface area contributed by atoms with Crippen LogP contribution in [0.15, 0.2) is 18.2 Å². The molecule has 4 heteroatoms. The summed E-state index contributed by atoms with van der Waals surface area (Å²) in [7, 11) is 0. The maximum Gasteiger partial charge on any atom is 0.0370 e. The van der Waals surface area contributed by atoms with Gasteiger partial charge < -0.3 is 10.6 Å². The molecule has 1 rings (SSSR count). The lowest BCUT2D eigenvalue weighted by molar-refractivity contribution is 0.794. The average Bonchev–Trinajstić information content (AvgIpc) is 2.29. The zero-order valence-electron chi connectivity index (χ0n) is 10.3. The molecule has 3 nitrogen and oxygen atoms in total. The molecule has 0 heterocycles. The molecule has 1 aromatic rings. The van der Waals surface area contributed by atoms with Crippen molar-refractivity contribution in [2.75, 3.05) is 36.5 Å². The van der Waals surface area contributed by atoms with Crippen molar-refractivity contribution in [2.45, 2.75) is 13.8 Å². The summed E-state index contributed by atoms with van der Waals surface area (Å²) in [5.41, 5.74) is 9.08. The van der Waals surface area contributed by atoms with Crippen LogP contribution in [0.5, 0.6) is 0 Å². The van der Waals surface area contributed by atoms with Gasteiger partial charge in [0, 0.05) is 31.0 Å². The van der Waals surface area contributed by atoms with E-state index in [1.807, 2.05) is 19.2 Å². The summed E-state index contributed by atoms with van der Waals surface area (Å²) >= 11 is 1.66. The van der Waals surface area contributed by atoms with E-state index in [2.05, 4.69) is 28.7 Å². The number of aryl methyl sites for hydroxylation is 1. The van der Waals surface area contributed by atoms with Gasteiger partial charge in [-0.3, -0.25) is 4.72 Å². The monoisotopic (exact) mass is 239 g/mol. The molecule has 0 unspecified atom stereocenters.